The quantitative estimate of drug-likeness (QED) is 0.856. The summed E-state index contributed by atoms with van der Waals surface area (Å²) in [6, 6.07) is 9.49. The van der Waals surface area contributed by atoms with Crippen LogP contribution in [-0.4, -0.2) is 18.4 Å². The molecule has 128 valence electrons. The Bertz CT molecular complexity index is 719. The Morgan fingerprint density at radius 3 is 2.42 bits per heavy atom. The molecule has 2 amide bonds. The van der Waals surface area contributed by atoms with E-state index < -0.39 is 0 Å². The number of rotatable bonds is 6. The van der Waals surface area contributed by atoms with Gasteiger partial charge in [0.05, 0.1) is 24.4 Å². The van der Waals surface area contributed by atoms with Gasteiger partial charge in [0.15, 0.2) is 0 Å². The Balaban J connectivity index is 1.98. The Labute approximate surface area is 142 Å². The van der Waals surface area contributed by atoms with Crippen molar-refractivity contribution >= 4 is 11.8 Å². The van der Waals surface area contributed by atoms with Gasteiger partial charge in [0, 0.05) is 0 Å². The second kappa shape index (κ2) is 7.81. The first kappa shape index (κ1) is 17.8. The summed E-state index contributed by atoms with van der Waals surface area (Å²) in [5.41, 5.74) is 2.68. The smallest absolute Gasteiger partial charge is 0.255 e. The van der Waals surface area contributed by atoms with E-state index in [4.69, 9.17) is 4.42 Å². The number of carbonyl (C=O) groups excluding carboxylic acids is 2. The van der Waals surface area contributed by atoms with Crippen molar-refractivity contribution in [2.75, 3.05) is 6.54 Å². The van der Waals surface area contributed by atoms with E-state index in [9.17, 15) is 9.59 Å². The summed E-state index contributed by atoms with van der Waals surface area (Å²) in [6.07, 6.45) is 1.46. The fourth-order valence-electron chi connectivity index (χ4n) is 2.64. The molecule has 0 saturated carbocycles. The van der Waals surface area contributed by atoms with Gasteiger partial charge in [-0.15, -0.1) is 0 Å². The van der Waals surface area contributed by atoms with Crippen LogP contribution < -0.4 is 10.6 Å². The van der Waals surface area contributed by atoms with Gasteiger partial charge < -0.3 is 15.1 Å². The molecule has 0 saturated heterocycles. The lowest BCUT2D eigenvalue weighted by atomic mass is 9.92. The third-order valence-electron chi connectivity index (χ3n) is 4.02. The monoisotopic (exact) mass is 328 g/mol. The molecule has 0 aliphatic carbocycles. The molecule has 0 aliphatic rings. The first-order valence-electron chi connectivity index (χ1n) is 8.07. The Morgan fingerprint density at radius 1 is 1.12 bits per heavy atom. The molecule has 2 aromatic rings. The van der Waals surface area contributed by atoms with E-state index in [1.54, 1.807) is 13.0 Å². The summed E-state index contributed by atoms with van der Waals surface area (Å²) >= 11 is 0. The van der Waals surface area contributed by atoms with Gasteiger partial charge in [-0.1, -0.05) is 38.1 Å². The number of nitrogens with one attached hydrogen (secondary N) is 2. The van der Waals surface area contributed by atoms with Gasteiger partial charge in [-0.3, -0.25) is 9.59 Å². The first-order valence-corrected chi connectivity index (χ1v) is 8.07. The van der Waals surface area contributed by atoms with E-state index in [2.05, 4.69) is 24.5 Å². The Hall–Kier alpha value is -2.56. The van der Waals surface area contributed by atoms with Gasteiger partial charge >= 0.3 is 0 Å². The average molecular weight is 328 g/mol. The third-order valence-corrected chi connectivity index (χ3v) is 4.02. The lowest BCUT2D eigenvalue weighted by Crippen LogP contribution is -2.40. The highest BCUT2D eigenvalue weighted by Gasteiger charge is 2.20. The third kappa shape index (κ3) is 4.25. The molecule has 5 nitrogen and oxygen atoms in total. The Morgan fingerprint density at radius 2 is 1.83 bits per heavy atom. The highest BCUT2D eigenvalue weighted by Crippen LogP contribution is 2.24. The molecule has 0 spiro atoms. The molecule has 0 fully saturated rings. The standard InChI is InChI=1S/C19H24N2O3/c1-12(2)18(15-8-6-5-7-13(15)3)21-17(22)11-20-19(23)16-9-10-24-14(16)4/h5-10,12,18H,11H2,1-4H3,(H,20,23)(H,21,22)/t18-/m1/s1. The molecule has 24 heavy (non-hydrogen) atoms. The molecule has 1 aromatic heterocycles. The molecule has 2 N–H and O–H groups in total. The molecule has 0 radical (unpaired) electrons. The highest BCUT2D eigenvalue weighted by atomic mass is 16.3. The van der Waals surface area contributed by atoms with Crippen LogP contribution in [0.25, 0.3) is 0 Å². The number of hydrogen-bond acceptors (Lipinski definition) is 3. The van der Waals surface area contributed by atoms with E-state index in [-0.39, 0.29) is 30.3 Å². The molecule has 0 unspecified atom stereocenters. The number of carbonyl (C=O) groups is 2. The van der Waals surface area contributed by atoms with Crippen molar-refractivity contribution in [1.29, 1.82) is 0 Å². The fraction of sp³-hybridized carbons (Fsp3) is 0.368. The highest BCUT2D eigenvalue weighted by molar-refractivity contribution is 5.97. The second-order valence-corrected chi connectivity index (χ2v) is 6.22. The lowest BCUT2D eigenvalue weighted by Gasteiger charge is -2.24. The summed E-state index contributed by atoms with van der Waals surface area (Å²) in [5, 5.41) is 5.64. The van der Waals surface area contributed by atoms with E-state index in [0.717, 1.165) is 11.1 Å². The zero-order valence-corrected chi connectivity index (χ0v) is 14.6. The number of aryl methyl sites for hydroxylation is 2. The minimum Gasteiger partial charge on any atom is -0.469 e. The molecule has 1 atom stereocenters. The van der Waals surface area contributed by atoms with Gasteiger partial charge in [0.2, 0.25) is 5.91 Å². The van der Waals surface area contributed by atoms with Crippen LogP contribution in [0.4, 0.5) is 0 Å². The summed E-state index contributed by atoms with van der Waals surface area (Å²) in [7, 11) is 0. The molecule has 0 aliphatic heterocycles. The zero-order chi connectivity index (χ0) is 17.7. The van der Waals surface area contributed by atoms with Crippen LogP contribution in [0.15, 0.2) is 41.0 Å². The zero-order valence-electron chi connectivity index (χ0n) is 14.6. The van der Waals surface area contributed by atoms with Crippen LogP contribution in [0.2, 0.25) is 0 Å². The van der Waals surface area contributed by atoms with Crippen LogP contribution in [0.3, 0.4) is 0 Å². The van der Waals surface area contributed by atoms with Crippen LogP contribution >= 0.6 is 0 Å². The molecule has 5 heteroatoms. The van der Waals surface area contributed by atoms with E-state index in [0.29, 0.717) is 11.3 Å². The minimum absolute atomic E-state index is 0.0709. The van der Waals surface area contributed by atoms with Gasteiger partial charge in [0.1, 0.15) is 5.76 Å². The number of furan rings is 1. The number of benzene rings is 1. The Kier molecular flexibility index (Phi) is 5.79. The van der Waals surface area contributed by atoms with Gasteiger partial charge in [-0.05, 0) is 37.0 Å². The maximum absolute atomic E-state index is 12.3. The molecule has 2 rings (SSSR count). The molecule has 1 heterocycles. The van der Waals surface area contributed by atoms with Gasteiger partial charge in [-0.2, -0.15) is 0 Å². The molecule has 0 bridgehead atoms. The predicted octanol–water partition coefficient (Wildman–Crippen LogP) is 3.14. The van der Waals surface area contributed by atoms with Gasteiger partial charge in [0.25, 0.3) is 5.91 Å². The maximum Gasteiger partial charge on any atom is 0.255 e. The lowest BCUT2D eigenvalue weighted by molar-refractivity contribution is -0.121. The predicted molar refractivity (Wildman–Crippen MR) is 92.7 cm³/mol. The maximum atomic E-state index is 12.3. The van der Waals surface area contributed by atoms with Crippen molar-refractivity contribution in [2.24, 2.45) is 5.92 Å². The van der Waals surface area contributed by atoms with Crippen molar-refractivity contribution in [2.45, 2.75) is 33.7 Å². The largest absolute Gasteiger partial charge is 0.469 e. The van der Waals surface area contributed by atoms with Crippen LogP contribution in [0.5, 0.6) is 0 Å². The molecule has 1 aromatic carbocycles. The van der Waals surface area contributed by atoms with Crippen molar-refractivity contribution in [3.05, 3.63) is 59.0 Å². The minimum atomic E-state index is -0.312. The van der Waals surface area contributed by atoms with Crippen molar-refractivity contribution in [3.63, 3.8) is 0 Å². The summed E-state index contributed by atoms with van der Waals surface area (Å²) in [5.74, 6) is 0.245. The van der Waals surface area contributed by atoms with E-state index in [1.807, 2.05) is 31.2 Å². The molecular weight excluding hydrogens is 304 g/mol. The van der Waals surface area contributed by atoms with E-state index in [1.165, 1.54) is 6.26 Å². The average Bonchev–Trinajstić information content (AvgIpc) is 2.97. The molecular formula is C19H24N2O3. The normalized spacial score (nSPS) is 12.0. The summed E-state index contributed by atoms with van der Waals surface area (Å²) in [6.45, 7) is 7.79. The number of amides is 2. The summed E-state index contributed by atoms with van der Waals surface area (Å²) in [4.78, 5) is 24.3. The second-order valence-electron chi connectivity index (χ2n) is 6.22. The first-order chi connectivity index (χ1) is 11.4. The summed E-state index contributed by atoms with van der Waals surface area (Å²) < 4.78 is 5.10. The van der Waals surface area contributed by atoms with Gasteiger partial charge in [-0.25, -0.2) is 0 Å². The fourth-order valence-corrected chi connectivity index (χ4v) is 2.64. The van der Waals surface area contributed by atoms with Crippen LogP contribution in [0, 0.1) is 19.8 Å². The topological polar surface area (TPSA) is 71.3 Å². The van der Waals surface area contributed by atoms with E-state index >= 15 is 0 Å². The van der Waals surface area contributed by atoms with Crippen molar-refractivity contribution in [1.82, 2.24) is 10.6 Å². The van der Waals surface area contributed by atoms with Crippen molar-refractivity contribution < 1.29 is 14.0 Å². The van der Waals surface area contributed by atoms with Crippen molar-refractivity contribution in [3.8, 4) is 0 Å². The number of hydrogen-bond donors (Lipinski definition) is 2. The SMILES string of the molecule is Cc1ccccc1[C@H](NC(=O)CNC(=O)c1ccoc1C)C(C)C. The van der Waals surface area contributed by atoms with Crippen LogP contribution in [0.1, 0.15) is 47.1 Å². The van der Waals surface area contributed by atoms with Crippen LogP contribution in [-0.2, 0) is 4.79 Å².